The van der Waals surface area contributed by atoms with Crippen LogP contribution in [0.5, 0.6) is 0 Å². The van der Waals surface area contributed by atoms with Crippen molar-refractivity contribution in [1.29, 1.82) is 0 Å². The van der Waals surface area contributed by atoms with Crippen LogP contribution >= 0.6 is 0 Å². The highest BCUT2D eigenvalue weighted by molar-refractivity contribution is 4.98. The van der Waals surface area contributed by atoms with Gasteiger partial charge in [-0.25, -0.2) is 0 Å². The summed E-state index contributed by atoms with van der Waals surface area (Å²) in [6.07, 6.45) is 5.61. The minimum Gasteiger partial charge on any atom is -0.468 e. The smallest absolute Gasteiger partial charge is 0.117 e. The Bertz CT molecular complexity index is 351. The van der Waals surface area contributed by atoms with Gasteiger partial charge in [0.1, 0.15) is 5.76 Å². The van der Waals surface area contributed by atoms with E-state index in [1.807, 2.05) is 12.1 Å². The molecule has 4 heteroatoms. The second-order valence-corrected chi connectivity index (χ2v) is 5.62. The topological polar surface area (TPSA) is 34.8 Å². The lowest BCUT2D eigenvalue weighted by atomic mass is 10.1. The molecule has 0 bridgehead atoms. The van der Waals surface area contributed by atoms with Crippen LogP contribution in [0.1, 0.15) is 25.0 Å². The average molecular weight is 265 g/mol. The highest BCUT2D eigenvalue weighted by atomic mass is 16.5. The number of nitrogens with zero attached hydrogens (tertiary/aromatic N) is 1. The van der Waals surface area contributed by atoms with Crippen LogP contribution in [-0.2, 0) is 16.0 Å². The summed E-state index contributed by atoms with van der Waals surface area (Å²) in [5.74, 6) is 1.68. The quantitative estimate of drug-likeness (QED) is 0.818. The summed E-state index contributed by atoms with van der Waals surface area (Å²) >= 11 is 0. The normalized spacial score (nSPS) is 26.0. The molecule has 1 unspecified atom stereocenters. The molecular formula is C15H23NO3. The molecule has 0 aromatic carbocycles. The van der Waals surface area contributed by atoms with Crippen LogP contribution in [0.4, 0.5) is 0 Å². The van der Waals surface area contributed by atoms with Gasteiger partial charge in [-0.15, -0.1) is 0 Å². The minimum atomic E-state index is 0.438. The molecule has 2 saturated heterocycles. The molecule has 0 spiro atoms. The molecule has 0 N–H and O–H groups in total. The van der Waals surface area contributed by atoms with Crippen LogP contribution in [0.25, 0.3) is 0 Å². The summed E-state index contributed by atoms with van der Waals surface area (Å²) in [7, 11) is 0. The number of hydrogen-bond acceptors (Lipinski definition) is 4. The van der Waals surface area contributed by atoms with Crippen LogP contribution < -0.4 is 0 Å². The van der Waals surface area contributed by atoms with E-state index in [9.17, 15) is 0 Å². The Morgan fingerprint density at radius 1 is 1.26 bits per heavy atom. The second kappa shape index (κ2) is 6.55. The standard InChI is InChI=1S/C15H23NO3/c1-2-15(18-8-1)10-16-6-3-14(4-7-16)19-12-13-5-9-17-11-13/h1-2,8,13-14H,3-7,9-12H2. The van der Waals surface area contributed by atoms with Gasteiger partial charge in [-0.3, -0.25) is 4.90 Å². The van der Waals surface area contributed by atoms with Gasteiger partial charge >= 0.3 is 0 Å². The lowest BCUT2D eigenvalue weighted by molar-refractivity contribution is -0.0125. The van der Waals surface area contributed by atoms with E-state index in [0.717, 1.165) is 64.5 Å². The van der Waals surface area contributed by atoms with Gasteiger partial charge in [-0.2, -0.15) is 0 Å². The predicted octanol–water partition coefficient (Wildman–Crippen LogP) is 2.30. The first-order chi connectivity index (χ1) is 9.40. The van der Waals surface area contributed by atoms with Crippen LogP contribution in [0.2, 0.25) is 0 Å². The molecule has 3 rings (SSSR count). The van der Waals surface area contributed by atoms with E-state index in [-0.39, 0.29) is 0 Å². The Morgan fingerprint density at radius 3 is 2.84 bits per heavy atom. The first-order valence-corrected chi connectivity index (χ1v) is 7.34. The highest BCUT2D eigenvalue weighted by Gasteiger charge is 2.22. The molecular weight excluding hydrogens is 242 g/mol. The molecule has 1 atom stereocenters. The Labute approximate surface area is 114 Å². The maximum absolute atomic E-state index is 6.02. The fraction of sp³-hybridized carbons (Fsp3) is 0.733. The Kier molecular flexibility index (Phi) is 4.53. The number of rotatable bonds is 5. The van der Waals surface area contributed by atoms with E-state index in [0.29, 0.717) is 12.0 Å². The molecule has 0 aliphatic carbocycles. The van der Waals surface area contributed by atoms with E-state index in [2.05, 4.69) is 4.90 Å². The fourth-order valence-electron chi connectivity index (χ4n) is 2.84. The molecule has 0 radical (unpaired) electrons. The molecule has 4 nitrogen and oxygen atoms in total. The van der Waals surface area contributed by atoms with Gasteiger partial charge < -0.3 is 13.9 Å². The summed E-state index contributed by atoms with van der Waals surface area (Å²) in [6.45, 7) is 5.81. The zero-order valence-electron chi connectivity index (χ0n) is 11.4. The maximum atomic E-state index is 6.02. The van der Waals surface area contributed by atoms with Crippen molar-refractivity contribution in [3.63, 3.8) is 0 Å². The molecule has 0 amide bonds. The predicted molar refractivity (Wildman–Crippen MR) is 71.9 cm³/mol. The van der Waals surface area contributed by atoms with E-state index >= 15 is 0 Å². The van der Waals surface area contributed by atoms with E-state index in [4.69, 9.17) is 13.9 Å². The third-order valence-electron chi connectivity index (χ3n) is 4.09. The summed E-state index contributed by atoms with van der Waals surface area (Å²) in [4.78, 5) is 2.44. The molecule has 2 fully saturated rings. The average Bonchev–Trinajstić information content (AvgIpc) is 3.11. The SMILES string of the molecule is c1coc(CN2CCC(OCC3CCOC3)CC2)c1. The van der Waals surface area contributed by atoms with Crippen molar-refractivity contribution in [3.05, 3.63) is 24.2 Å². The number of piperidine rings is 1. The van der Waals surface area contributed by atoms with Gasteiger partial charge in [-0.1, -0.05) is 0 Å². The summed E-state index contributed by atoms with van der Waals surface area (Å²) in [5.41, 5.74) is 0. The van der Waals surface area contributed by atoms with Crippen LogP contribution in [0.15, 0.2) is 22.8 Å². The minimum absolute atomic E-state index is 0.438. The third-order valence-corrected chi connectivity index (χ3v) is 4.09. The number of furan rings is 1. The Morgan fingerprint density at radius 2 is 2.16 bits per heavy atom. The maximum Gasteiger partial charge on any atom is 0.117 e. The molecule has 3 heterocycles. The molecule has 19 heavy (non-hydrogen) atoms. The van der Waals surface area contributed by atoms with Gasteiger partial charge in [0, 0.05) is 25.6 Å². The molecule has 1 aromatic rings. The van der Waals surface area contributed by atoms with Gasteiger partial charge in [0.25, 0.3) is 0 Å². The van der Waals surface area contributed by atoms with E-state index in [1.54, 1.807) is 6.26 Å². The Hall–Kier alpha value is -0.840. The van der Waals surface area contributed by atoms with Crippen molar-refractivity contribution in [1.82, 2.24) is 4.90 Å². The largest absolute Gasteiger partial charge is 0.468 e. The van der Waals surface area contributed by atoms with Crippen LogP contribution in [-0.4, -0.2) is 43.9 Å². The van der Waals surface area contributed by atoms with Gasteiger partial charge in [-0.05, 0) is 31.4 Å². The molecule has 1 aromatic heterocycles. The van der Waals surface area contributed by atoms with Crippen molar-refractivity contribution >= 4 is 0 Å². The summed E-state index contributed by atoms with van der Waals surface area (Å²) in [6, 6.07) is 4.00. The summed E-state index contributed by atoms with van der Waals surface area (Å²) < 4.78 is 16.8. The molecule has 2 aliphatic rings. The lowest BCUT2D eigenvalue weighted by Crippen LogP contribution is -2.37. The highest BCUT2D eigenvalue weighted by Crippen LogP contribution is 2.19. The second-order valence-electron chi connectivity index (χ2n) is 5.62. The first-order valence-electron chi connectivity index (χ1n) is 7.34. The van der Waals surface area contributed by atoms with Gasteiger partial charge in [0.2, 0.25) is 0 Å². The lowest BCUT2D eigenvalue weighted by Gasteiger charge is -2.31. The van der Waals surface area contributed by atoms with Crippen molar-refractivity contribution in [2.45, 2.75) is 31.9 Å². The van der Waals surface area contributed by atoms with Crippen molar-refractivity contribution < 1.29 is 13.9 Å². The van der Waals surface area contributed by atoms with Crippen molar-refractivity contribution in [2.24, 2.45) is 5.92 Å². The number of likely N-dealkylation sites (tertiary alicyclic amines) is 1. The monoisotopic (exact) mass is 265 g/mol. The van der Waals surface area contributed by atoms with Crippen LogP contribution in [0, 0.1) is 5.92 Å². The number of hydrogen-bond donors (Lipinski definition) is 0. The first kappa shape index (κ1) is 13.2. The van der Waals surface area contributed by atoms with Gasteiger partial charge in [0.15, 0.2) is 0 Å². The number of ether oxygens (including phenoxy) is 2. The molecule has 2 aliphatic heterocycles. The van der Waals surface area contributed by atoms with E-state index in [1.165, 1.54) is 0 Å². The zero-order valence-corrected chi connectivity index (χ0v) is 11.4. The third kappa shape index (κ3) is 3.81. The van der Waals surface area contributed by atoms with E-state index < -0.39 is 0 Å². The summed E-state index contributed by atoms with van der Waals surface area (Å²) in [5, 5.41) is 0. The van der Waals surface area contributed by atoms with Crippen LogP contribution in [0.3, 0.4) is 0 Å². The molecule has 0 saturated carbocycles. The zero-order chi connectivity index (χ0) is 12.9. The fourth-order valence-corrected chi connectivity index (χ4v) is 2.84. The Balaban J connectivity index is 1.34. The van der Waals surface area contributed by atoms with Crippen molar-refractivity contribution in [3.8, 4) is 0 Å². The van der Waals surface area contributed by atoms with Crippen molar-refractivity contribution in [2.75, 3.05) is 32.9 Å². The molecule has 106 valence electrons. The van der Waals surface area contributed by atoms with Gasteiger partial charge in [0.05, 0.1) is 32.1 Å².